The highest BCUT2D eigenvalue weighted by Gasteiger charge is 2.33. The minimum Gasteiger partial charge on any atom is -0.455 e. The molecule has 0 atom stereocenters. The summed E-state index contributed by atoms with van der Waals surface area (Å²) in [7, 11) is 0. The lowest BCUT2D eigenvalue weighted by molar-refractivity contribution is -0.141. The third-order valence-electron chi connectivity index (χ3n) is 2.89. The highest BCUT2D eigenvalue weighted by atomic mass is 19.4. The Morgan fingerprint density at radius 1 is 1.10 bits per heavy atom. The fourth-order valence-electron chi connectivity index (χ4n) is 1.60. The van der Waals surface area contributed by atoms with Crippen LogP contribution in [0.15, 0.2) is 30.5 Å². The zero-order chi connectivity index (χ0) is 14.9. The van der Waals surface area contributed by atoms with E-state index in [9.17, 15) is 13.2 Å². The molecule has 0 aliphatic rings. The molecule has 106 valence electrons. The second-order valence-corrected chi connectivity index (χ2v) is 4.45. The number of anilines is 1. The molecule has 20 heavy (non-hydrogen) atoms. The monoisotopic (exact) mass is 282 g/mol. The third-order valence-corrected chi connectivity index (χ3v) is 2.89. The summed E-state index contributed by atoms with van der Waals surface area (Å²) in [5, 5.41) is 0. The zero-order valence-electron chi connectivity index (χ0n) is 11.0. The second kappa shape index (κ2) is 5.03. The van der Waals surface area contributed by atoms with Crippen LogP contribution in [0.25, 0.3) is 0 Å². The number of halogens is 3. The summed E-state index contributed by atoms with van der Waals surface area (Å²) in [4.78, 5) is 3.25. The fraction of sp³-hybridized carbons (Fsp3) is 0.214. The number of nitrogen functional groups attached to an aromatic ring is 1. The van der Waals surface area contributed by atoms with E-state index in [2.05, 4.69) is 4.98 Å². The van der Waals surface area contributed by atoms with E-state index >= 15 is 0 Å². The van der Waals surface area contributed by atoms with E-state index in [1.54, 1.807) is 12.1 Å². The summed E-state index contributed by atoms with van der Waals surface area (Å²) >= 11 is 0. The molecule has 2 rings (SSSR count). The third kappa shape index (κ3) is 3.01. The summed E-state index contributed by atoms with van der Waals surface area (Å²) in [5.74, 6) is 0.370. The van der Waals surface area contributed by atoms with Gasteiger partial charge < -0.3 is 10.5 Å². The summed E-state index contributed by atoms with van der Waals surface area (Å²) in [6.45, 7) is 3.82. The molecule has 1 aromatic carbocycles. The Bertz CT molecular complexity index is 639. The van der Waals surface area contributed by atoms with Gasteiger partial charge in [-0.05, 0) is 37.1 Å². The van der Waals surface area contributed by atoms with Gasteiger partial charge in [-0.3, -0.25) is 0 Å². The lowest BCUT2D eigenvalue weighted by Crippen LogP contribution is -2.08. The van der Waals surface area contributed by atoms with Crippen molar-refractivity contribution in [3.05, 3.63) is 47.3 Å². The molecule has 0 radical (unpaired) electrons. The maximum absolute atomic E-state index is 12.6. The maximum atomic E-state index is 12.6. The van der Waals surface area contributed by atoms with Crippen LogP contribution in [0.3, 0.4) is 0 Å². The van der Waals surface area contributed by atoms with Gasteiger partial charge in [0.15, 0.2) is 5.75 Å². The molecule has 2 aromatic rings. The standard InChI is InChI=1S/C14H13F3N2O/c1-8-3-4-10(5-9(8)2)20-12-6-13(14(15,16)17)19-7-11(12)18/h3-7H,18H2,1-2H3. The first-order chi connectivity index (χ1) is 9.27. The molecule has 0 unspecified atom stereocenters. The first-order valence-electron chi connectivity index (χ1n) is 5.85. The number of nitrogens with zero attached hydrogens (tertiary/aromatic N) is 1. The topological polar surface area (TPSA) is 48.1 Å². The lowest BCUT2D eigenvalue weighted by Gasteiger charge is -2.12. The van der Waals surface area contributed by atoms with Gasteiger partial charge in [-0.25, -0.2) is 4.98 Å². The Morgan fingerprint density at radius 2 is 1.80 bits per heavy atom. The molecule has 3 nitrogen and oxygen atoms in total. The summed E-state index contributed by atoms with van der Waals surface area (Å²) in [6, 6.07) is 6.04. The number of hydrogen-bond donors (Lipinski definition) is 1. The van der Waals surface area contributed by atoms with E-state index in [1.165, 1.54) is 0 Å². The van der Waals surface area contributed by atoms with E-state index in [-0.39, 0.29) is 11.4 Å². The number of nitrogens with two attached hydrogens (primary N) is 1. The van der Waals surface area contributed by atoms with Gasteiger partial charge in [0.25, 0.3) is 0 Å². The van der Waals surface area contributed by atoms with Gasteiger partial charge in [-0.2, -0.15) is 13.2 Å². The van der Waals surface area contributed by atoms with Crippen LogP contribution >= 0.6 is 0 Å². The van der Waals surface area contributed by atoms with Gasteiger partial charge in [-0.15, -0.1) is 0 Å². The average molecular weight is 282 g/mol. The molecule has 0 spiro atoms. The molecule has 0 aliphatic heterocycles. The van der Waals surface area contributed by atoms with Crippen LogP contribution in [0, 0.1) is 13.8 Å². The van der Waals surface area contributed by atoms with Gasteiger partial charge in [0.05, 0.1) is 11.9 Å². The molecule has 1 aromatic heterocycles. The molecule has 6 heteroatoms. The van der Waals surface area contributed by atoms with Crippen molar-refractivity contribution < 1.29 is 17.9 Å². The summed E-state index contributed by atoms with van der Waals surface area (Å²) in [5.41, 5.74) is 6.65. The van der Waals surface area contributed by atoms with E-state index < -0.39 is 11.9 Å². The average Bonchev–Trinajstić information content (AvgIpc) is 2.35. The number of aryl methyl sites for hydroxylation is 2. The van der Waals surface area contributed by atoms with Crippen LogP contribution in [0.5, 0.6) is 11.5 Å². The van der Waals surface area contributed by atoms with Gasteiger partial charge in [0.1, 0.15) is 11.4 Å². The Balaban J connectivity index is 2.35. The molecule has 0 saturated heterocycles. The number of aromatic nitrogens is 1. The molecule has 0 bridgehead atoms. The van der Waals surface area contributed by atoms with Crippen molar-refractivity contribution >= 4 is 5.69 Å². The number of benzene rings is 1. The second-order valence-electron chi connectivity index (χ2n) is 4.45. The first kappa shape index (κ1) is 14.2. The molecule has 0 saturated carbocycles. The van der Waals surface area contributed by atoms with Crippen LogP contribution in [-0.4, -0.2) is 4.98 Å². The van der Waals surface area contributed by atoms with Crippen LogP contribution in [0.4, 0.5) is 18.9 Å². The van der Waals surface area contributed by atoms with Crippen molar-refractivity contribution in [1.82, 2.24) is 4.98 Å². The zero-order valence-corrected chi connectivity index (χ0v) is 11.0. The SMILES string of the molecule is Cc1ccc(Oc2cc(C(F)(F)F)ncc2N)cc1C. The molecule has 0 fully saturated rings. The van der Waals surface area contributed by atoms with E-state index in [1.807, 2.05) is 19.9 Å². The molecular weight excluding hydrogens is 269 g/mol. The van der Waals surface area contributed by atoms with Gasteiger partial charge in [-0.1, -0.05) is 6.07 Å². The summed E-state index contributed by atoms with van der Waals surface area (Å²) < 4.78 is 43.2. The minimum atomic E-state index is -4.53. The van der Waals surface area contributed by atoms with Crippen LogP contribution in [0.2, 0.25) is 0 Å². The highest BCUT2D eigenvalue weighted by molar-refractivity contribution is 5.53. The summed E-state index contributed by atoms with van der Waals surface area (Å²) in [6.07, 6.45) is -3.59. The molecule has 2 N–H and O–H groups in total. The number of ether oxygens (including phenoxy) is 1. The fourth-order valence-corrected chi connectivity index (χ4v) is 1.60. The van der Waals surface area contributed by atoms with Crippen molar-refractivity contribution in [3.8, 4) is 11.5 Å². The maximum Gasteiger partial charge on any atom is 0.433 e. The Morgan fingerprint density at radius 3 is 2.40 bits per heavy atom. The number of alkyl halides is 3. The Hall–Kier alpha value is -2.24. The largest absolute Gasteiger partial charge is 0.455 e. The van der Waals surface area contributed by atoms with Crippen LogP contribution in [-0.2, 0) is 6.18 Å². The Labute approximate surface area is 114 Å². The number of hydrogen-bond acceptors (Lipinski definition) is 3. The van der Waals surface area contributed by atoms with Crippen molar-refractivity contribution in [2.24, 2.45) is 0 Å². The van der Waals surface area contributed by atoms with E-state index in [4.69, 9.17) is 10.5 Å². The lowest BCUT2D eigenvalue weighted by atomic mass is 10.1. The van der Waals surface area contributed by atoms with E-state index in [0.29, 0.717) is 5.75 Å². The van der Waals surface area contributed by atoms with Crippen molar-refractivity contribution in [3.63, 3.8) is 0 Å². The van der Waals surface area contributed by atoms with E-state index in [0.717, 1.165) is 23.4 Å². The number of pyridine rings is 1. The first-order valence-corrected chi connectivity index (χ1v) is 5.85. The van der Waals surface area contributed by atoms with Crippen molar-refractivity contribution in [2.75, 3.05) is 5.73 Å². The van der Waals surface area contributed by atoms with Crippen LogP contribution in [0.1, 0.15) is 16.8 Å². The predicted octanol–water partition coefficient (Wildman–Crippen LogP) is 4.09. The molecule has 1 heterocycles. The predicted molar refractivity (Wildman–Crippen MR) is 69.6 cm³/mol. The normalized spacial score (nSPS) is 11.4. The molecular formula is C14H13F3N2O. The van der Waals surface area contributed by atoms with Crippen molar-refractivity contribution in [1.29, 1.82) is 0 Å². The van der Waals surface area contributed by atoms with Crippen LogP contribution < -0.4 is 10.5 Å². The quantitative estimate of drug-likeness (QED) is 0.902. The molecule has 0 amide bonds. The molecule has 0 aliphatic carbocycles. The number of rotatable bonds is 2. The highest BCUT2D eigenvalue weighted by Crippen LogP contribution is 2.34. The van der Waals surface area contributed by atoms with Crippen molar-refractivity contribution in [2.45, 2.75) is 20.0 Å². The minimum absolute atomic E-state index is 0.0521. The van der Waals surface area contributed by atoms with Gasteiger partial charge in [0, 0.05) is 6.07 Å². The smallest absolute Gasteiger partial charge is 0.433 e. The van der Waals surface area contributed by atoms with Gasteiger partial charge in [0.2, 0.25) is 0 Å². The Kier molecular flexibility index (Phi) is 3.57. The van der Waals surface area contributed by atoms with Gasteiger partial charge >= 0.3 is 6.18 Å².